The summed E-state index contributed by atoms with van der Waals surface area (Å²) in [5, 5.41) is 0. The smallest absolute Gasteiger partial charge is 0.306 e. The van der Waals surface area contributed by atoms with Gasteiger partial charge in [0.2, 0.25) is 0 Å². The highest BCUT2D eigenvalue weighted by atomic mass is 16.6. The van der Waals surface area contributed by atoms with Crippen molar-refractivity contribution in [2.24, 2.45) is 0 Å². The fourth-order valence-corrected chi connectivity index (χ4v) is 3.74. The molecule has 232 valence electrons. The van der Waals surface area contributed by atoms with Crippen molar-refractivity contribution in [1.29, 1.82) is 0 Å². The summed E-state index contributed by atoms with van der Waals surface area (Å²) in [6.07, 6.45) is 11.3. The number of carbonyl (C=O) groups excluding carboxylic acids is 2. The second-order valence-electron chi connectivity index (χ2n) is 10.9. The highest BCUT2D eigenvalue weighted by Crippen LogP contribution is 2.09. The summed E-state index contributed by atoms with van der Waals surface area (Å²) in [6, 6.07) is 0. The molecule has 5 atom stereocenters. The monoisotopic (exact) mass is 560 g/mol. The fourth-order valence-electron chi connectivity index (χ4n) is 3.74. The van der Waals surface area contributed by atoms with Crippen LogP contribution in [0.5, 0.6) is 0 Å². The van der Waals surface area contributed by atoms with Crippen LogP contribution >= 0.6 is 0 Å². The molecule has 0 aliphatic heterocycles. The number of hydrogen-bond donors (Lipinski definition) is 0. The lowest BCUT2D eigenvalue weighted by Crippen LogP contribution is -2.29. The number of carbonyl (C=O) groups is 2. The highest BCUT2D eigenvalue weighted by molar-refractivity contribution is 5.69. The normalized spacial score (nSPS) is 15.4. The number of ether oxygens (including phenoxy) is 6. The van der Waals surface area contributed by atoms with Gasteiger partial charge in [-0.15, -0.1) is 0 Å². The SMILES string of the molecule is CCCCCCCC(=O)OCC(C)OCC(C)OCC(C)OCC(C)OCC(C)OC(=O)CCCCCCC. The number of hydrogen-bond acceptors (Lipinski definition) is 8. The van der Waals surface area contributed by atoms with Gasteiger partial charge in [0.25, 0.3) is 0 Å². The van der Waals surface area contributed by atoms with E-state index in [9.17, 15) is 9.59 Å². The van der Waals surface area contributed by atoms with Crippen LogP contribution in [0.25, 0.3) is 0 Å². The summed E-state index contributed by atoms with van der Waals surface area (Å²) in [5.74, 6) is -0.307. The molecule has 0 spiro atoms. The minimum atomic E-state index is -0.279. The van der Waals surface area contributed by atoms with E-state index in [4.69, 9.17) is 28.4 Å². The Morgan fingerprint density at radius 1 is 0.462 bits per heavy atom. The van der Waals surface area contributed by atoms with E-state index in [1.807, 2.05) is 34.6 Å². The van der Waals surface area contributed by atoms with Crippen LogP contribution in [0.4, 0.5) is 0 Å². The van der Waals surface area contributed by atoms with Crippen LogP contribution in [0, 0.1) is 0 Å². The molecule has 8 nitrogen and oxygen atoms in total. The topological polar surface area (TPSA) is 89.5 Å². The Hall–Kier alpha value is -1.22. The average molecular weight is 561 g/mol. The highest BCUT2D eigenvalue weighted by Gasteiger charge is 2.15. The van der Waals surface area contributed by atoms with Gasteiger partial charge < -0.3 is 28.4 Å². The molecule has 39 heavy (non-hydrogen) atoms. The van der Waals surface area contributed by atoms with Crippen molar-refractivity contribution in [1.82, 2.24) is 0 Å². The number of rotatable bonds is 27. The molecule has 0 rings (SSSR count). The van der Waals surface area contributed by atoms with Crippen LogP contribution in [0.3, 0.4) is 0 Å². The van der Waals surface area contributed by atoms with Crippen molar-refractivity contribution in [3.8, 4) is 0 Å². The molecule has 0 aromatic rings. The maximum absolute atomic E-state index is 11.9. The van der Waals surface area contributed by atoms with Crippen LogP contribution < -0.4 is 0 Å². The Morgan fingerprint density at radius 2 is 0.821 bits per heavy atom. The van der Waals surface area contributed by atoms with Crippen LogP contribution in [0.15, 0.2) is 0 Å². The maximum Gasteiger partial charge on any atom is 0.306 e. The Balaban J connectivity index is 3.82. The van der Waals surface area contributed by atoms with E-state index in [0.29, 0.717) is 39.3 Å². The van der Waals surface area contributed by atoms with Crippen molar-refractivity contribution in [3.63, 3.8) is 0 Å². The second-order valence-corrected chi connectivity index (χ2v) is 10.9. The molecule has 0 radical (unpaired) electrons. The van der Waals surface area contributed by atoms with E-state index in [0.717, 1.165) is 25.7 Å². The van der Waals surface area contributed by atoms with Gasteiger partial charge in [0.15, 0.2) is 0 Å². The zero-order chi connectivity index (χ0) is 29.3. The second kappa shape index (κ2) is 25.7. The Labute approximate surface area is 239 Å². The first-order valence-electron chi connectivity index (χ1n) is 15.5. The Kier molecular flexibility index (Phi) is 24.9. The largest absolute Gasteiger partial charge is 0.463 e. The van der Waals surface area contributed by atoms with Gasteiger partial charge in [-0.05, 0) is 47.5 Å². The third-order valence-electron chi connectivity index (χ3n) is 6.24. The molecule has 0 bridgehead atoms. The minimum absolute atomic E-state index is 0.0998. The first-order chi connectivity index (χ1) is 18.7. The van der Waals surface area contributed by atoms with Gasteiger partial charge in [-0.25, -0.2) is 0 Å². The van der Waals surface area contributed by atoms with Gasteiger partial charge >= 0.3 is 11.9 Å². The predicted octanol–water partition coefficient (Wildman–Crippen LogP) is 6.80. The standard InChI is InChI=1S/C31H60O8/c1-8-10-12-14-16-18-30(32)38-23-28(6)36-21-26(4)34-20-25(3)35-22-27(5)37-24-29(7)39-31(33)19-17-15-13-11-9-2/h25-29H,8-24H2,1-7H3. The van der Waals surface area contributed by atoms with Gasteiger partial charge in [0.1, 0.15) is 12.7 Å². The van der Waals surface area contributed by atoms with Gasteiger partial charge in [-0.2, -0.15) is 0 Å². The average Bonchev–Trinajstić information content (AvgIpc) is 2.91. The van der Waals surface area contributed by atoms with E-state index in [1.165, 1.54) is 38.5 Å². The minimum Gasteiger partial charge on any atom is -0.463 e. The maximum atomic E-state index is 11.9. The summed E-state index contributed by atoms with van der Waals surface area (Å²) in [6.45, 7) is 15.8. The van der Waals surface area contributed by atoms with Gasteiger partial charge in [0.05, 0.1) is 50.8 Å². The van der Waals surface area contributed by atoms with E-state index >= 15 is 0 Å². The Morgan fingerprint density at radius 3 is 1.26 bits per heavy atom. The van der Waals surface area contributed by atoms with E-state index in [-0.39, 0.29) is 49.1 Å². The molecule has 0 heterocycles. The van der Waals surface area contributed by atoms with Crippen molar-refractivity contribution < 1.29 is 38.0 Å². The van der Waals surface area contributed by atoms with Crippen molar-refractivity contribution in [2.75, 3.05) is 33.0 Å². The lowest BCUT2D eigenvalue weighted by molar-refractivity contribution is -0.153. The van der Waals surface area contributed by atoms with Crippen molar-refractivity contribution in [3.05, 3.63) is 0 Å². The summed E-state index contributed by atoms with van der Waals surface area (Å²) in [7, 11) is 0. The summed E-state index contributed by atoms with van der Waals surface area (Å²) in [5.41, 5.74) is 0. The molecule has 0 aromatic carbocycles. The van der Waals surface area contributed by atoms with Crippen LogP contribution in [-0.4, -0.2) is 75.5 Å². The first-order valence-corrected chi connectivity index (χ1v) is 15.5. The molecule has 0 saturated carbocycles. The van der Waals surface area contributed by atoms with Crippen LogP contribution in [-0.2, 0) is 38.0 Å². The lowest BCUT2D eigenvalue weighted by atomic mass is 10.1. The zero-order valence-electron chi connectivity index (χ0n) is 26.2. The number of esters is 2. The quantitative estimate of drug-likeness (QED) is 0.0800. The van der Waals surface area contributed by atoms with E-state index < -0.39 is 0 Å². The molecule has 0 N–H and O–H groups in total. The molecular weight excluding hydrogens is 500 g/mol. The predicted molar refractivity (Wildman–Crippen MR) is 155 cm³/mol. The third-order valence-corrected chi connectivity index (χ3v) is 6.24. The van der Waals surface area contributed by atoms with E-state index in [2.05, 4.69) is 13.8 Å². The Bertz CT molecular complexity index is 585. The lowest BCUT2D eigenvalue weighted by Gasteiger charge is -2.22. The molecule has 0 amide bonds. The third kappa shape index (κ3) is 25.5. The van der Waals surface area contributed by atoms with Crippen molar-refractivity contribution >= 4 is 11.9 Å². The summed E-state index contributed by atoms with van der Waals surface area (Å²) < 4.78 is 34.0. The van der Waals surface area contributed by atoms with Gasteiger partial charge in [0, 0.05) is 12.8 Å². The molecule has 0 aliphatic rings. The summed E-state index contributed by atoms with van der Waals surface area (Å²) >= 11 is 0. The molecule has 0 fully saturated rings. The molecule has 5 unspecified atom stereocenters. The fraction of sp³-hybridized carbons (Fsp3) is 0.935. The zero-order valence-corrected chi connectivity index (χ0v) is 26.2. The molecular formula is C31H60O8. The van der Waals surface area contributed by atoms with Gasteiger partial charge in [-0.3, -0.25) is 9.59 Å². The van der Waals surface area contributed by atoms with E-state index in [1.54, 1.807) is 0 Å². The van der Waals surface area contributed by atoms with Gasteiger partial charge in [-0.1, -0.05) is 65.2 Å². The van der Waals surface area contributed by atoms with Crippen LogP contribution in [0.1, 0.15) is 126 Å². The first kappa shape index (κ1) is 37.8. The summed E-state index contributed by atoms with van der Waals surface area (Å²) in [4.78, 5) is 23.8. The molecule has 0 saturated heterocycles. The van der Waals surface area contributed by atoms with Crippen LogP contribution in [0.2, 0.25) is 0 Å². The number of unbranched alkanes of at least 4 members (excludes halogenated alkanes) is 8. The molecule has 0 aliphatic carbocycles. The molecule has 0 aromatic heterocycles. The van der Waals surface area contributed by atoms with Crippen molar-refractivity contribution in [2.45, 2.75) is 156 Å². The molecule has 8 heteroatoms.